The number of rotatable bonds is 4. The minimum atomic E-state index is -0.582. The van der Waals surface area contributed by atoms with Crippen molar-refractivity contribution in [2.75, 3.05) is 11.4 Å². The van der Waals surface area contributed by atoms with Gasteiger partial charge in [0, 0.05) is 18.2 Å². The summed E-state index contributed by atoms with van der Waals surface area (Å²) < 4.78 is 7.22. The largest absolute Gasteiger partial charge is 0.443 e. The van der Waals surface area contributed by atoms with Crippen molar-refractivity contribution in [3.8, 4) is 0 Å². The molecule has 0 atom stereocenters. The van der Waals surface area contributed by atoms with E-state index in [1.807, 2.05) is 27.7 Å². The predicted molar refractivity (Wildman–Crippen MR) is 95.8 cm³/mol. The van der Waals surface area contributed by atoms with Gasteiger partial charge in [0.15, 0.2) is 5.65 Å². The van der Waals surface area contributed by atoms with E-state index >= 15 is 0 Å². The van der Waals surface area contributed by atoms with Crippen LogP contribution in [0.25, 0.3) is 5.65 Å². The lowest BCUT2D eigenvalue weighted by Crippen LogP contribution is -2.39. The molecule has 0 aliphatic heterocycles. The average molecular weight is 353 g/mol. The Labute approximate surface area is 147 Å². The normalized spacial score (nSPS) is 12.0. The third-order valence-electron chi connectivity index (χ3n) is 3.48. The first-order chi connectivity index (χ1) is 11.1. The van der Waals surface area contributed by atoms with Crippen LogP contribution >= 0.6 is 11.6 Å². The van der Waals surface area contributed by atoms with Gasteiger partial charge in [0.2, 0.25) is 0 Å². The van der Waals surface area contributed by atoms with Crippen molar-refractivity contribution < 1.29 is 9.53 Å². The molecule has 24 heavy (non-hydrogen) atoms. The fourth-order valence-corrected chi connectivity index (χ4v) is 2.46. The van der Waals surface area contributed by atoms with E-state index < -0.39 is 11.7 Å². The molecular weight excluding hydrogens is 328 g/mol. The van der Waals surface area contributed by atoms with E-state index in [-0.39, 0.29) is 0 Å². The molecule has 0 saturated carbocycles. The van der Waals surface area contributed by atoms with Gasteiger partial charge >= 0.3 is 6.09 Å². The number of aromatic nitrogens is 3. The fourth-order valence-electron chi connectivity index (χ4n) is 2.28. The number of hydrogen-bond acceptors (Lipinski definition) is 4. The molecule has 7 heteroatoms. The zero-order valence-electron chi connectivity index (χ0n) is 15.1. The molecule has 0 N–H and O–H groups in total. The minimum Gasteiger partial charge on any atom is -0.443 e. The predicted octanol–water partition coefficient (Wildman–Crippen LogP) is 4.48. The first-order valence-electron chi connectivity index (χ1n) is 8.10. The second-order valence-electron chi connectivity index (χ2n) is 7.27. The standard InChI is InChI=1S/C17H25ClN4O2/c1-11(2)8-10-21(16(23)24-17(4,5)6)15-12(3)14(18)20-13-7-9-19-22(13)15/h7,9,11H,8,10H2,1-6H3. The van der Waals surface area contributed by atoms with Gasteiger partial charge < -0.3 is 4.74 Å². The molecule has 2 rings (SSSR count). The van der Waals surface area contributed by atoms with Crippen molar-refractivity contribution in [1.29, 1.82) is 0 Å². The third kappa shape index (κ3) is 4.17. The van der Waals surface area contributed by atoms with Crippen LogP contribution in [0.5, 0.6) is 0 Å². The van der Waals surface area contributed by atoms with Gasteiger partial charge in [0.1, 0.15) is 16.6 Å². The van der Waals surface area contributed by atoms with Crippen LogP contribution in [0.1, 0.15) is 46.6 Å². The van der Waals surface area contributed by atoms with Crippen LogP contribution in [0, 0.1) is 12.8 Å². The smallest absolute Gasteiger partial charge is 0.416 e. The van der Waals surface area contributed by atoms with Gasteiger partial charge in [-0.05, 0) is 40.0 Å². The van der Waals surface area contributed by atoms with Crippen LogP contribution in [0.2, 0.25) is 5.15 Å². The first kappa shape index (κ1) is 18.5. The molecule has 0 aromatic carbocycles. The maximum Gasteiger partial charge on any atom is 0.416 e. The van der Waals surface area contributed by atoms with E-state index in [9.17, 15) is 4.79 Å². The summed E-state index contributed by atoms with van der Waals surface area (Å²) in [5, 5.41) is 4.65. The number of ether oxygens (including phenoxy) is 1. The van der Waals surface area contributed by atoms with Crippen molar-refractivity contribution in [3.63, 3.8) is 0 Å². The second kappa shape index (κ2) is 6.97. The summed E-state index contributed by atoms with van der Waals surface area (Å²) in [6, 6.07) is 1.75. The van der Waals surface area contributed by atoms with Gasteiger partial charge in [-0.25, -0.2) is 9.78 Å². The molecule has 0 aliphatic rings. The van der Waals surface area contributed by atoms with Gasteiger partial charge in [-0.3, -0.25) is 4.90 Å². The Bertz CT molecular complexity index is 734. The lowest BCUT2D eigenvalue weighted by molar-refractivity contribution is 0.0577. The highest BCUT2D eigenvalue weighted by atomic mass is 35.5. The number of carbonyl (C=O) groups excluding carboxylic acids is 1. The van der Waals surface area contributed by atoms with Crippen LogP contribution in [-0.2, 0) is 4.74 Å². The molecule has 0 aliphatic carbocycles. The van der Waals surface area contributed by atoms with E-state index in [0.29, 0.717) is 34.6 Å². The zero-order chi connectivity index (χ0) is 18.1. The number of nitrogens with zero attached hydrogens (tertiary/aromatic N) is 4. The minimum absolute atomic E-state index is 0.358. The Kier molecular flexibility index (Phi) is 5.38. The van der Waals surface area contributed by atoms with Crippen LogP contribution in [0.15, 0.2) is 12.3 Å². The van der Waals surface area contributed by atoms with E-state index in [1.54, 1.807) is 21.7 Å². The Hall–Kier alpha value is -1.82. The third-order valence-corrected chi connectivity index (χ3v) is 3.85. The fraction of sp³-hybridized carbons (Fsp3) is 0.588. The maximum atomic E-state index is 12.8. The molecule has 132 valence electrons. The summed E-state index contributed by atoms with van der Waals surface area (Å²) in [6.45, 7) is 12.1. The topological polar surface area (TPSA) is 59.7 Å². The lowest BCUT2D eigenvalue weighted by Gasteiger charge is -2.29. The molecule has 2 aromatic heterocycles. The van der Waals surface area contributed by atoms with Gasteiger partial charge in [-0.15, -0.1) is 0 Å². The number of anilines is 1. The van der Waals surface area contributed by atoms with Crippen molar-refractivity contribution in [2.45, 2.75) is 53.6 Å². The molecular formula is C17H25ClN4O2. The summed E-state index contributed by atoms with van der Waals surface area (Å²) in [6.07, 6.45) is 2.06. The molecule has 2 heterocycles. The second-order valence-corrected chi connectivity index (χ2v) is 7.62. The van der Waals surface area contributed by atoms with E-state index in [0.717, 1.165) is 6.42 Å². The van der Waals surface area contributed by atoms with Crippen molar-refractivity contribution in [3.05, 3.63) is 23.0 Å². The Morgan fingerprint density at radius 2 is 2.08 bits per heavy atom. The number of carbonyl (C=O) groups is 1. The monoisotopic (exact) mass is 352 g/mol. The highest BCUT2D eigenvalue weighted by molar-refractivity contribution is 6.30. The SMILES string of the molecule is Cc1c(Cl)nc2ccnn2c1N(CCC(C)C)C(=O)OC(C)(C)C. The zero-order valence-corrected chi connectivity index (χ0v) is 15.9. The number of hydrogen-bond donors (Lipinski definition) is 0. The quantitative estimate of drug-likeness (QED) is 0.761. The Morgan fingerprint density at radius 3 is 2.67 bits per heavy atom. The highest BCUT2D eigenvalue weighted by Gasteiger charge is 2.28. The van der Waals surface area contributed by atoms with Crippen LogP contribution in [0.3, 0.4) is 0 Å². The highest BCUT2D eigenvalue weighted by Crippen LogP contribution is 2.28. The number of halogens is 1. The maximum absolute atomic E-state index is 12.8. The summed E-state index contributed by atoms with van der Waals surface area (Å²) in [5.74, 6) is 1.05. The number of amides is 1. The van der Waals surface area contributed by atoms with Crippen LogP contribution < -0.4 is 4.90 Å². The summed E-state index contributed by atoms with van der Waals surface area (Å²) in [4.78, 5) is 18.7. The van der Waals surface area contributed by atoms with E-state index in [4.69, 9.17) is 16.3 Å². The molecule has 0 unspecified atom stereocenters. The van der Waals surface area contributed by atoms with Crippen molar-refractivity contribution in [2.24, 2.45) is 5.92 Å². The molecule has 0 saturated heterocycles. The van der Waals surface area contributed by atoms with Crippen molar-refractivity contribution >= 4 is 29.2 Å². The average Bonchev–Trinajstić information content (AvgIpc) is 2.88. The summed E-state index contributed by atoms with van der Waals surface area (Å²) in [7, 11) is 0. The van der Waals surface area contributed by atoms with Crippen LogP contribution in [0.4, 0.5) is 10.6 Å². The molecule has 1 amide bonds. The van der Waals surface area contributed by atoms with Gasteiger partial charge in [0.25, 0.3) is 0 Å². The van der Waals surface area contributed by atoms with Crippen LogP contribution in [-0.4, -0.2) is 32.8 Å². The van der Waals surface area contributed by atoms with Gasteiger partial charge in [0.05, 0.1) is 6.20 Å². The molecule has 0 bridgehead atoms. The van der Waals surface area contributed by atoms with Gasteiger partial charge in [-0.2, -0.15) is 9.61 Å². The van der Waals surface area contributed by atoms with Gasteiger partial charge in [-0.1, -0.05) is 25.4 Å². The number of fused-ring (bicyclic) bond motifs is 1. The summed E-state index contributed by atoms with van der Waals surface area (Å²) >= 11 is 6.26. The van der Waals surface area contributed by atoms with Crippen molar-refractivity contribution in [1.82, 2.24) is 14.6 Å². The molecule has 2 aromatic rings. The molecule has 0 fully saturated rings. The Balaban J connectivity index is 2.52. The van der Waals surface area contributed by atoms with E-state index in [1.165, 1.54) is 0 Å². The molecule has 6 nitrogen and oxygen atoms in total. The first-order valence-corrected chi connectivity index (χ1v) is 8.48. The molecule has 0 spiro atoms. The van der Waals surface area contributed by atoms with E-state index in [2.05, 4.69) is 23.9 Å². The summed E-state index contributed by atoms with van der Waals surface area (Å²) in [5.41, 5.74) is 0.711. The lowest BCUT2D eigenvalue weighted by atomic mass is 10.1. The Morgan fingerprint density at radius 1 is 1.42 bits per heavy atom. The molecule has 0 radical (unpaired) electrons.